The highest BCUT2D eigenvalue weighted by Crippen LogP contribution is 2.34. The fraction of sp³-hybridized carbons (Fsp3) is 0.500. The topological polar surface area (TPSA) is 105 Å². The molecule has 2 saturated heterocycles. The molecule has 1 aromatic carbocycles. The number of hydrogen-bond donors (Lipinski definition) is 1. The van der Waals surface area contributed by atoms with Crippen molar-refractivity contribution in [2.45, 2.75) is 58.2 Å². The first-order valence-corrected chi connectivity index (χ1v) is 16.6. The number of amides is 1. The number of pyridine rings is 2. The molecule has 0 saturated carbocycles. The molecular formula is C36H45F3N6O3. The molecule has 2 fully saturated rings. The third-order valence-corrected chi connectivity index (χ3v) is 9.55. The lowest BCUT2D eigenvalue weighted by atomic mass is 9.92. The van der Waals surface area contributed by atoms with Crippen LogP contribution in [-0.2, 0) is 6.42 Å². The van der Waals surface area contributed by atoms with Crippen LogP contribution in [0.2, 0.25) is 0 Å². The third-order valence-electron chi connectivity index (χ3n) is 9.55. The van der Waals surface area contributed by atoms with Crippen LogP contribution in [0.25, 0.3) is 11.3 Å². The van der Waals surface area contributed by atoms with Crippen LogP contribution in [0.15, 0.2) is 48.5 Å². The summed E-state index contributed by atoms with van der Waals surface area (Å²) in [6.45, 7) is 8.40. The number of anilines is 2. The van der Waals surface area contributed by atoms with E-state index < -0.39 is 23.3 Å². The van der Waals surface area contributed by atoms with Gasteiger partial charge in [0.2, 0.25) is 0 Å². The van der Waals surface area contributed by atoms with Gasteiger partial charge in [0.1, 0.15) is 17.4 Å². The molecule has 0 aliphatic carbocycles. The van der Waals surface area contributed by atoms with Crippen LogP contribution in [0, 0.1) is 11.8 Å². The van der Waals surface area contributed by atoms with Gasteiger partial charge in [-0.05, 0) is 107 Å². The quantitative estimate of drug-likeness (QED) is 0.258. The minimum Gasteiger partial charge on any atom is -0.496 e. The first-order chi connectivity index (χ1) is 22.8. The Balaban J connectivity index is 1.39. The Morgan fingerprint density at radius 1 is 0.979 bits per heavy atom. The van der Waals surface area contributed by atoms with Crippen molar-refractivity contribution in [3.8, 4) is 17.0 Å². The Labute approximate surface area is 280 Å². The van der Waals surface area contributed by atoms with E-state index in [1.165, 1.54) is 6.07 Å². The fourth-order valence-corrected chi connectivity index (χ4v) is 6.89. The number of nitrogens with zero attached hydrogens (tertiary/aromatic N) is 5. The molecule has 2 N–H and O–H groups in total. The molecule has 2 aliphatic heterocycles. The summed E-state index contributed by atoms with van der Waals surface area (Å²) in [7, 11) is 3.47. The number of hydrogen-bond acceptors (Lipinski definition) is 8. The lowest BCUT2D eigenvalue weighted by Gasteiger charge is -2.37. The first-order valence-electron chi connectivity index (χ1n) is 16.6. The molecule has 1 unspecified atom stereocenters. The number of Topliss-reactive ketones (excluding diaryl/α,β-unsaturated/α-hetero) is 1. The fourth-order valence-electron chi connectivity index (χ4n) is 6.89. The molecule has 1 atom stereocenters. The van der Waals surface area contributed by atoms with Gasteiger partial charge in [-0.2, -0.15) is 13.2 Å². The molecule has 0 bridgehead atoms. The second-order valence-electron chi connectivity index (χ2n) is 13.2. The zero-order chi connectivity index (χ0) is 34.6. The third kappa shape index (κ3) is 8.08. The Morgan fingerprint density at radius 2 is 1.69 bits per heavy atom. The van der Waals surface area contributed by atoms with E-state index in [2.05, 4.69) is 28.6 Å². The van der Waals surface area contributed by atoms with Crippen LogP contribution in [-0.4, -0.2) is 90.6 Å². The van der Waals surface area contributed by atoms with Crippen molar-refractivity contribution < 1.29 is 27.5 Å². The molecule has 258 valence electrons. The number of ketones is 1. The Hall–Kier alpha value is -4.19. The van der Waals surface area contributed by atoms with Crippen LogP contribution in [0.1, 0.15) is 65.9 Å². The van der Waals surface area contributed by atoms with Crippen LogP contribution >= 0.6 is 0 Å². The first kappa shape index (κ1) is 35.1. The van der Waals surface area contributed by atoms with E-state index in [1.54, 1.807) is 7.11 Å². The molecule has 48 heavy (non-hydrogen) atoms. The number of rotatable bonds is 10. The average Bonchev–Trinajstić information content (AvgIpc) is 3.07. The number of aromatic nitrogens is 2. The van der Waals surface area contributed by atoms with E-state index in [0.717, 1.165) is 50.4 Å². The predicted molar refractivity (Wildman–Crippen MR) is 180 cm³/mol. The number of alkyl halides is 3. The van der Waals surface area contributed by atoms with Gasteiger partial charge < -0.3 is 25.2 Å². The number of likely N-dealkylation sites (tertiary alicyclic amines) is 1. The normalized spacial score (nSPS) is 17.8. The maximum atomic E-state index is 14.1. The lowest BCUT2D eigenvalue weighted by Crippen LogP contribution is -2.42. The number of nitrogens with two attached hydrogens (primary N) is 1. The average molecular weight is 667 g/mol. The van der Waals surface area contributed by atoms with Crippen molar-refractivity contribution in [1.82, 2.24) is 19.8 Å². The van der Waals surface area contributed by atoms with Crippen LogP contribution in [0.5, 0.6) is 5.75 Å². The van der Waals surface area contributed by atoms with Gasteiger partial charge in [0.15, 0.2) is 0 Å². The maximum absolute atomic E-state index is 14.1. The molecule has 2 aliphatic rings. The number of carbonyl (C=O) groups excluding carboxylic acids is 2. The number of ether oxygens (including phenoxy) is 1. The number of para-hydroxylation sites is 1. The monoisotopic (exact) mass is 666 g/mol. The summed E-state index contributed by atoms with van der Waals surface area (Å²) in [5.41, 5.74) is 7.68. The number of halogens is 3. The Kier molecular flexibility index (Phi) is 10.9. The largest absolute Gasteiger partial charge is 0.496 e. The highest BCUT2D eigenvalue weighted by molar-refractivity contribution is 6.03. The Morgan fingerprint density at radius 3 is 2.35 bits per heavy atom. The molecule has 9 nitrogen and oxygen atoms in total. The van der Waals surface area contributed by atoms with E-state index in [1.807, 2.05) is 48.3 Å². The molecule has 0 spiro atoms. The summed E-state index contributed by atoms with van der Waals surface area (Å²) in [5.74, 6) is -0.766. The number of carbonyl (C=O) groups is 2. The molecule has 1 amide bonds. The predicted octanol–water partition coefficient (Wildman–Crippen LogP) is 6.13. The minimum absolute atomic E-state index is 0.0679. The minimum atomic E-state index is -5.03. The van der Waals surface area contributed by atoms with E-state index in [9.17, 15) is 22.8 Å². The smallest absolute Gasteiger partial charge is 0.455 e. The van der Waals surface area contributed by atoms with Gasteiger partial charge >= 0.3 is 6.18 Å². The summed E-state index contributed by atoms with van der Waals surface area (Å²) in [5, 5.41) is 0. The summed E-state index contributed by atoms with van der Waals surface area (Å²) < 4.78 is 44.6. The van der Waals surface area contributed by atoms with Crippen LogP contribution in [0.3, 0.4) is 0 Å². The van der Waals surface area contributed by atoms with Gasteiger partial charge in [0, 0.05) is 44.0 Å². The molecule has 2 aromatic heterocycles. The van der Waals surface area contributed by atoms with Crippen molar-refractivity contribution >= 4 is 23.3 Å². The molecule has 4 heterocycles. The van der Waals surface area contributed by atoms with Crippen molar-refractivity contribution in [2.24, 2.45) is 11.8 Å². The SMILES string of the molecule is COc1ccccc1-c1ccc(C(=O)N(C)CC2CCN(C(C)C)CC2)c(N2CCCC(Cc3ccc(C(=O)C(F)(F)F)c(N)n3)C2)n1. The number of benzene rings is 1. The molecule has 0 radical (unpaired) electrons. The zero-order valence-electron chi connectivity index (χ0n) is 28.1. The lowest BCUT2D eigenvalue weighted by molar-refractivity contribution is -0.0884. The van der Waals surface area contributed by atoms with Gasteiger partial charge in [0.25, 0.3) is 11.7 Å². The molecule has 5 rings (SSSR count). The second-order valence-corrected chi connectivity index (χ2v) is 13.2. The zero-order valence-corrected chi connectivity index (χ0v) is 28.1. The summed E-state index contributed by atoms with van der Waals surface area (Å²) in [4.78, 5) is 41.5. The Bertz CT molecular complexity index is 1610. The summed E-state index contributed by atoms with van der Waals surface area (Å²) >= 11 is 0. The summed E-state index contributed by atoms with van der Waals surface area (Å²) in [6, 6.07) is 14.4. The molecule has 12 heteroatoms. The van der Waals surface area contributed by atoms with Gasteiger partial charge in [-0.25, -0.2) is 9.97 Å². The van der Waals surface area contributed by atoms with E-state index in [4.69, 9.17) is 15.5 Å². The molecular weight excluding hydrogens is 621 g/mol. The molecule has 3 aromatic rings. The van der Waals surface area contributed by atoms with E-state index in [0.29, 0.717) is 66.5 Å². The number of nitrogen functional groups attached to an aromatic ring is 1. The van der Waals surface area contributed by atoms with Gasteiger partial charge in [-0.3, -0.25) is 9.59 Å². The van der Waals surface area contributed by atoms with E-state index >= 15 is 0 Å². The van der Waals surface area contributed by atoms with Crippen molar-refractivity contribution in [1.29, 1.82) is 0 Å². The highest BCUT2D eigenvalue weighted by Gasteiger charge is 2.40. The van der Waals surface area contributed by atoms with Crippen LogP contribution < -0.4 is 15.4 Å². The van der Waals surface area contributed by atoms with Crippen LogP contribution in [0.4, 0.5) is 24.8 Å². The standard InChI is InChI=1S/C36H45F3N6O3/c1-23(2)44-18-15-24(16-19-44)21-43(3)35(47)29-13-14-30(27-9-5-6-10-31(27)48-4)42-34(29)45-17-7-8-25(22-45)20-26-11-12-28(33(40)41-26)32(46)36(37,38)39/h5-6,9-14,23-25H,7-8,15-22H2,1-4H3,(H2,40,41). The van der Waals surface area contributed by atoms with Crippen molar-refractivity contribution in [3.63, 3.8) is 0 Å². The van der Waals surface area contributed by atoms with E-state index in [-0.39, 0.29) is 11.8 Å². The number of piperidine rings is 2. The van der Waals surface area contributed by atoms with Gasteiger partial charge in [0.05, 0.1) is 23.9 Å². The van der Waals surface area contributed by atoms with Gasteiger partial charge in [-0.15, -0.1) is 0 Å². The van der Waals surface area contributed by atoms with Gasteiger partial charge in [-0.1, -0.05) is 12.1 Å². The van der Waals surface area contributed by atoms with Crippen molar-refractivity contribution in [3.05, 3.63) is 65.4 Å². The summed E-state index contributed by atoms with van der Waals surface area (Å²) in [6.07, 6.45) is -0.807. The van der Waals surface area contributed by atoms with Crippen molar-refractivity contribution in [2.75, 3.05) is 57.5 Å². The number of methoxy groups -OCH3 is 1. The second kappa shape index (κ2) is 14.9. The highest BCUT2D eigenvalue weighted by atomic mass is 19.4. The maximum Gasteiger partial charge on any atom is 0.455 e.